The van der Waals surface area contributed by atoms with Crippen molar-refractivity contribution < 1.29 is 19.0 Å². The second kappa shape index (κ2) is 7.61. The Morgan fingerprint density at radius 1 is 1.20 bits per heavy atom. The van der Waals surface area contributed by atoms with Crippen LogP contribution in [0, 0.1) is 0 Å². The Bertz CT molecular complexity index is 832. The zero-order chi connectivity index (χ0) is 17.8. The van der Waals surface area contributed by atoms with Gasteiger partial charge in [-0.1, -0.05) is 15.9 Å². The van der Waals surface area contributed by atoms with Crippen LogP contribution in [0.5, 0.6) is 17.2 Å². The number of hydrogen-bond acceptors (Lipinski definition) is 4. The summed E-state index contributed by atoms with van der Waals surface area (Å²) in [6, 6.07) is 11.2. The molecule has 3 rings (SSSR count). The highest BCUT2D eigenvalue weighted by molar-refractivity contribution is 9.10. The third kappa shape index (κ3) is 3.96. The molecule has 0 fully saturated rings. The summed E-state index contributed by atoms with van der Waals surface area (Å²) in [7, 11) is 3.21. The molecule has 2 aromatic rings. The summed E-state index contributed by atoms with van der Waals surface area (Å²) in [6.45, 7) is 0.602. The Labute approximate surface area is 154 Å². The van der Waals surface area contributed by atoms with E-state index in [4.69, 9.17) is 14.2 Å². The van der Waals surface area contributed by atoms with E-state index in [1.165, 1.54) is 0 Å². The second-order valence-corrected chi connectivity index (χ2v) is 6.42. The van der Waals surface area contributed by atoms with Crippen molar-refractivity contribution in [3.63, 3.8) is 0 Å². The van der Waals surface area contributed by atoms with Crippen LogP contribution < -0.4 is 19.5 Å². The summed E-state index contributed by atoms with van der Waals surface area (Å²) in [4.78, 5) is 12.5. The van der Waals surface area contributed by atoms with Crippen molar-refractivity contribution in [2.75, 3.05) is 20.8 Å². The molecule has 0 spiro atoms. The first-order chi connectivity index (χ1) is 12.1. The average Bonchev–Trinajstić information content (AvgIpc) is 2.65. The maximum Gasteiger partial charge on any atom is 0.250 e. The highest BCUT2D eigenvalue weighted by Crippen LogP contribution is 2.30. The molecular formula is C19H18BrNO4. The van der Waals surface area contributed by atoms with E-state index >= 15 is 0 Å². The largest absolute Gasteiger partial charge is 0.497 e. The molecule has 2 aromatic carbocycles. The topological polar surface area (TPSA) is 56.8 Å². The smallest absolute Gasteiger partial charge is 0.250 e. The number of methoxy groups -OCH3 is 2. The monoisotopic (exact) mass is 403 g/mol. The summed E-state index contributed by atoms with van der Waals surface area (Å²) in [5.74, 6) is 2.02. The number of rotatable bonds is 5. The van der Waals surface area contributed by atoms with Gasteiger partial charge in [0.15, 0.2) is 0 Å². The van der Waals surface area contributed by atoms with E-state index < -0.39 is 0 Å². The SMILES string of the molecule is COc1ccc2c(c1)C=C(C(=O)NCc1cc(Br)ccc1OC)CO2. The van der Waals surface area contributed by atoms with Crippen molar-refractivity contribution in [3.05, 3.63) is 57.6 Å². The van der Waals surface area contributed by atoms with Crippen molar-refractivity contribution in [1.29, 1.82) is 0 Å². The summed E-state index contributed by atoms with van der Waals surface area (Å²) >= 11 is 3.43. The quantitative estimate of drug-likeness (QED) is 0.828. The number of carbonyl (C=O) groups is 1. The van der Waals surface area contributed by atoms with E-state index in [-0.39, 0.29) is 12.5 Å². The number of carbonyl (C=O) groups excluding carboxylic acids is 1. The Morgan fingerprint density at radius 3 is 2.80 bits per heavy atom. The fraction of sp³-hybridized carbons (Fsp3) is 0.211. The molecule has 1 heterocycles. The Balaban J connectivity index is 1.73. The van der Waals surface area contributed by atoms with Gasteiger partial charge in [-0.05, 0) is 42.5 Å². The summed E-state index contributed by atoms with van der Waals surface area (Å²) < 4.78 is 17.1. The summed E-state index contributed by atoms with van der Waals surface area (Å²) in [5.41, 5.74) is 2.29. The first-order valence-corrected chi connectivity index (χ1v) is 8.52. The van der Waals surface area contributed by atoms with Crippen LogP contribution in [0.4, 0.5) is 0 Å². The fourth-order valence-corrected chi connectivity index (χ4v) is 3.00. The molecule has 0 saturated heterocycles. The van der Waals surface area contributed by atoms with E-state index in [9.17, 15) is 4.79 Å². The molecule has 0 aromatic heterocycles. The third-order valence-electron chi connectivity index (χ3n) is 3.90. The van der Waals surface area contributed by atoms with E-state index in [0.29, 0.717) is 12.1 Å². The Morgan fingerprint density at radius 2 is 2.04 bits per heavy atom. The van der Waals surface area contributed by atoms with E-state index in [2.05, 4.69) is 21.2 Å². The van der Waals surface area contributed by atoms with Crippen molar-refractivity contribution in [2.24, 2.45) is 0 Å². The normalized spacial score (nSPS) is 12.5. The van der Waals surface area contributed by atoms with Crippen LogP contribution in [0.25, 0.3) is 6.08 Å². The van der Waals surface area contributed by atoms with Gasteiger partial charge in [0.2, 0.25) is 0 Å². The molecule has 0 saturated carbocycles. The van der Waals surface area contributed by atoms with Gasteiger partial charge in [-0.2, -0.15) is 0 Å². The minimum Gasteiger partial charge on any atom is -0.497 e. The maximum absolute atomic E-state index is 12.5. The first-order valence-electron chi connectivity index (χ1n) is 7.72. The third-order valence-corrected chi connectivity index (χ3v) is 4.40. The van der Waals surface area contributed by atoms with Gasteiger partial charge in [-0.25, -0.2) is 0 Å². The van der Waals surface area contributed by atoms with Gasteiger partial charge in [0.25, 0.3) is 5.91 Å². The molecule has 25 heavy (non-hydrogen) atoms. The number of halogens is 1. The molecule has 130 valence electrons. The van der Waals surface area contributed by atoms with Crippen LogP contribution in [-0.2, 0) is 11.3 Å². The maximum atomic E-state index is 12.5. The molecule has 1 N–H and O–H groups in total. The molecule has 0 bridgehead atoms. The van der Waals surface area contributed by atoms with Crippen molar-refractivity contribution in [3.8, 4) is 17.2 Å². The Kier molecular flexibility index (Phi) is 5.28. The average molecular weight is 404 g/mol. The lowest BCUT2D eigenvalue weighted by Gasteiger charge is -2.18. The van der Waals surface area contributed by atoms with Crippen LogP contribution in [-0.4, -0.2) is 26.7 Å². The molecule has 1 aliphatic heterocycles. The number of amides is 1. The number of hydrogen-bond donors (Lipinski definition) is 1. The first kappa shape index (κ1) is 17.4. The lowest BCUT2D eigenvalue weighted by atomic mass is 10.1. The standard InChI is InChI=1S/C19H18BrNO4/c1-23-16-4-6-18-12(9-16)7-14(11-25-18)19(22)21-10-13-8-15(20)3-5-17(13)24-2/h3-9H,10-11H2,1-2H3,(H,21,22). The highest BCUT2D eigenvalue weighted by atomic mass is 79.9. The number of benzene rings is 2. The predicted octanol–water partition coefficient (Wildman–Crippen LogP) is 3.56. The van der Waals surface area contributed by atoms with Crippen LogP contribution in [0.2, 0.25) is 0 Å². The number of nitrogens with one attached hydrogen (secondary N) is 1. The predicted molar refractivity (Wildman–Crippen MR) is 99.0 cm³/mol. The second-order valence-electron chi connectivity index (χ2n) is 5.50. The van der Waals surface area contributed by atoms with Gasteiger partial charge in [0, 0.05) is 22.1 Å². The van der Waals surface area contributed by atoms with E-state index in [1.807, 2.05) is 42.5 Å². The zero-order valence-corrected chi connectivity index (χ0v) is 15.6. The molecule has 0 radical (unpaired) electrons. The van der Waals surface area contributed by atoms with Crippen molar-refractivity contribution in [1.82, 2.24) is 5.32 Å². The van der Waals surface area contributed by atoms with Gasteiger partial charge in [-0.15, -0.1) is 0 Å². The summed E-state index contributed by atoms with van der Waals surface area (Å²) in [5, 5.41) is 2.91. The van der Waals surface area contributed by atoms with E-state index in [1.54, 1.807) is 14.2 Å². The minimum absolute atomic E-state index is 0.171. The van der Waals surface area contributed by atoms with Crippen LogP contribution >= 0.6 is 15.9 Å². The molecular weight excluding hydrogens is 386 g/mol. The van der Waals surface area contributed by atoms with Crippen LogP contribution in [0.3, 0.4) is 0 Å². The van der Waals surface area contributed by atoms with Crippen LogP contribution in [0.15, 0.2) is 46.4 Å². The van der Waals surface area contributed by atoms with Gasteiger partial charge in [0.1, 0.15) is 23.9 Å². The van der Waals surface area contributed by atoms with Crippen molar-refractivity contribution in [2.45, 2.75) is 6.54 Å². The van der Waals surface area contributed by atoms with E-state index in [0.717, 1.165) is 32.8 Å². The lowest BCUT2D eigenvalue weighted by molar-refractivity contribution is -0.117. The molecule has 1 amide bonds. The van der Waals surface area contributed by atoms with Gasteiger partial charge in [-0.3, -0.25) is 4.79 Å². The van der Waals surface area contributed by atoms with Crippen molar-refractivity contribution >= 4 is 27.9 Å². The lowest BCUT2D eigenvalue weighted by Crippen LogP contribution is -2.28. The summed E-state index contributed by atoms with van der Waals surface area (Å²) in [6.07, 6.45) is 1.83. The number of fused-ring (bicyclic) bond motifs is 1. The van der Waals surface area contributed by atoms with Gasteiger partial charge >= 0.3 is 0 Å². The fourth-order valence-electron chi connectivity index (χ4n) is 2.59. The molecule has 1 aliphatic rings. The molecule has 0 atom stereocenters. The zero-order valence-electron chi connectivity index (χ0n) is 14.0. The number of ether oxygens (including phenoxy) is 3. The Hall–Kier alpha value is -2.47. The molecule has 0 aliphatic carbocycles. The van der Waals surface area contributed by atoms with Gasteiger partial charge in [0.05, 0.1) is 19.8 Å². The van der Waals surface area contributed by atoms with Crippen LogP contribution in [0.1, 0.15) is 11.1 Å². The van der Waals surface area contributed by atoms with Gasteiger partial charge < -0.3 is 19.5 Å². The molecule has 0 unspecified atom stereocenters. The molecule has 6 heteroatoms. The highest BCUT2D eigenvalue weighted by Gasteiger charge is 2.18. The minimum atomic E-state index is -0.171. The molecule has 5 nitrogen and oxygen atoms in total.